The van der Waals surface area contributed by atoms with E-state index >= 15 is 0 Å². The second-order valence-electron chi connectivity index (χ2n) is 2.61. The number of benzene rings is 1. The van der Waals surface area contributed by atoms with Crippen molar-refractivity contribution in [3.8, 4) is 10.9 Å². The van der Waals surface area contributed by atoms with E-state index in [1.54, 1.807) is 6.07 Å². The van der Waals surface area contributed by atoms with Gasteiger partial charge in [0.2, 0.25) is 0 Å². The van der Waals surface area contributed by atoms with Crippen LogP contribution in [0.25, 0.3) is 0 Å². The van der Waals surface area contributed by atoms with E-state index in [1.807, 2.05) is 5.38 Å². The van der Waals surface area contributed by atoms with Gasteiger partial charge in [0, 0.05) is 5.38 Å². The van der Waals surface area contributed by atoms with E-state index in [0.29, 0.717) is 15.4 Å². The van der Waals surface area contributed by atoms with Crippen LogP contribution in [0.15, 0.2) is 32.7 Å². The van der Waals surface area contributed by atoms with Crippen LogP contribution < -0.4 is 4.74 Å². The first-order chi connectivity index (χ1) is 7.15. The largest absolute Gasteiger partial charge is 0.430 e. The highest BCUT2D eigenvalue weighted by molar-refractivity contribution is 9.10. The van der Waals surface area contributed by atoms with Crippen LogP contribution in [0.3, 0.4) is 0 Å². The average molecular weight is 353 g/mol. The Kier molecular flexibility index (Phi) is 3.38. The summed E-state index contributed by atoms with van der Waals surface area (Å²) in [6.07, 6.45) is 0. The Morgan fingerprint density at radius 1 is 1.33 bits per heavy atom. The fraction of sp³-hybridized carbons (Fsp3) is 0. The van der Waals surface area contributed by atoms with Crippen LogP contribution in [0.2, 0.25) is 0 Å². The van der Waals surface area contributed by atoms with Gasteiger partial charge in [-0.1, -0.05) is 11.3 Å². The predicted octanol–water partition coefficient (Wildman–Crippen LogP) is 4.60. The predicted molar refractivity (Wildman–Crippen MR) is 64.0 cm³/mol. The number of nitrogens with zero attached hydrogens (tertiary/aromatic N) is 1. The molecule has 0 saturated carbocycles. The fourth-order valence-electron chi connectivity index (χ4n) is 0.938. The van der Waals surface area contributed by atoms with Crippen LogP contribution in [0, 0.1) is 5.82 Å². The third-order valence-electron chi connectivity index (χ3n) is 1.55. The van der Waals surface area contributed by atoms with Gasteiger partial charge in [-0.3, -0.25) is 0 Å². The molecule has 15 heavy (non-hydrogen) atoms. The first kappa shape index (κ1) is 11.0. The van der Waals surface area contributed by atoms with Gasteiger partial charge in [0.05, 0.1) is 4.47 Å². The van der Waals surface area contributed by atoms with Crippen LogP contribution in [0.1, 0.15) is 0 Å². The quantitative estimate of drug-likeness (QED) is 0.788. The number of hydrogen-bond donors (Lipinski definition) is 0. The van der Waals surface area contributed by atoms with Gasteiger partial charge in [0.15, 0.2) is 0 Å². The van der Waals surface area contributed by atoms with Crippen LogP contribution >= 0.6 is 43.2 Å². The third-order valence-corrected chi connectivity index (χ3v) is 3.59. The minimum atomic E-state index is -0.311. The highest BCUT2D eigenvalue weighted by Gasteiger charge is 2.06. The molecule has 0 aliphatic rings. The standard InChI is InChI=1S/C9H4Br2FNOS/c10-6-3-5(12)1-2-7(6)14-9-13-8(11)4-15-9/h1-4H. The van der Waals surface area contributed by atoms with E-state index in [-0.39, 0.29) is 5.82 Å². The maximum absolute atomic E-state index is 12.8. The van der Waals surface area contributed by atoms with Crippen molar-refractivity contribution in [3.63, 3.8) is 0 Å². The molecule has 2 nitrogen and oxygen atoms in total. The Labute approximate surface area is 106 Å². The lowest BCUT2D eigenvalue weighted by atomic mass is 10.3. The van der Waals surface area contributed by atoms with E-state index in [2.05, 4.69) is 36.8 Å². The normalized spacial score (nSPS) is 10.3. The van der Waals surface area contributed by atoms with Gasteiger partial charge in [0.25, 0.3) is 5.19 Å². The summed E-state index contributed by atoms with van der Waals surface area (Å²) in [6.45, 7) is 0. The van der Waals surface area contributed by atoms with Crippen LogP contribution in [0.5, 0.6) is 10.9 Å². The van der Waals surface area contributed by atoms with Gasteiger partial charge >= 0.3 is 0 Å². The molecule has 2 rings (SSSR count). The van der Waals surface area contributed by atoms with Crippen molar-refractivity contribution in [2.45, 2.75) is 0 Å². The van der Waals surface area contributed by atoms with E-state index in [0.717, 1.165) is 4.60 Å². The van der Waals surface area contributed by atoms with Gasteiger partial charge in [-0.05, 0) is 50.1 Å². The summed E-state index contributed by atoms with van der Waals surface area (Å²) in [7, 11) is 0. The topological polar surface area (TPSA) is 22.1 Å². The summed E-state index contributed by atoms with van der Waals surface area (Å²) in [5, 5.41) is 2.32. The number of thiazole rings is 1. The SMILES string of the molecule is Fc1ccc(Oc2nc(Br)cs2)c(Br)c1. The van der Waals surface area contributed by atoms with Crippen molar-refractivity contribution in [1.82, 2.24) is 4.98 Å². The molecular weight excluding hydrogens is 349 g/mol. The molecule has 0 saturated heterocycles. The molecule has 0 fully saturated rings. The molecule has 0 radical (unpaired) electrons. The average Bonchev–Trinajstić information content (AvgIpc) is 2.56. The Balaban J connectivity index is 2.24. The lowest BCUT2D eigenvalue weighted by Crippen LogP contribution is -1.85. The highest BCUT2D eigenvalue weighted by Crippen LogP contribution is 2.32. The van der Waals surface area contributed by atoms with E-state index < -0.39 is 0 Å². The van der Waals surface area contributed by atoms with E-state index in [4.69, 9.17) is 4.74 Å². The van der Waals surface area contributed by atoms with Crippen LogP contribution in [0.4, 0.5) is 4.39 Å². The second-order valence-corrected chi connectivity index (χ2v) is 5.10. The zero-order valence-electron chi connectivity index (χ0n) is 7.21. The fourth-order valence-corrected chi connectivity index (χ4v) is 2.47. The van der Waals surface area contributed by atoms with E-state index in [1.165, 1.54) is 23.5 Å². The molecule has 1 aromatic heterocycles. The Bertz CT molecular complexity index is 489. The van der Waals surface area contributed by atoms with Gasteiger partial charge in [-0.15, -0.1) is 0 Å². The van der Waals surface area contributed by atoms with Gasteiger partial charge in [0.1, 0.15) is 16.2 Å². The first-order valence-electron chi connectivity index (χ1n) is 3.89. The van der Waals surface area contributed by atoms with Gasteiger partial charge < -0.3 is 4.74 Å². The molecule has 0 aliphatic carbocycles. The molecule has 0 bridgehead atoms. The van der Waals surface area contributed by atoms with Crippen LogP contribution in [-0.4, -0.2) is 4.98 Å². The van der Waals surface area contributed by atoms with Crippen molar-refractivity contribution in [2.24, 2.45) is 0 Å². The summed E-state index contributed by atoms with van der Waals surface area (Å²) in [6, 6.07) is 4.23. The second kappa shape index (κ2) is 4.59. The Morgan fingerprint density at radius 2 is 2.13 bits per heavy atom. The molecule has 1 heterocycles. The van der Waals surface area contributed by atoms with Gasteiger partial charge in [-0.2, -0.15) is 4.98 Å². The summed E-state index contributed by atoms with van der Waals surface area (Å²) >= 11 is 7.80. The third kappa shape index (κ3) is 2.76. The summed E-state index contributed by atoms with van der Waals surface area (Å²) in [5.41, 5.74) is 0. The number of rotatable bonds is 2. The van der Waals surface area contributed by atoms with Crippen molar-refractivity contribution >= 4 is 43.2 Å². The molecule has 0 N–H and O–H groups in total. The summed E-state index contributed by atoms with van der Waals surface area (Å²) < 4.78 is 19.5. The number of aromatic nitrogens is 1. The molecule has 0 unspecified atom stereocenters. The minimum absolute atomic E-state index is 0.311. The van der Waals surface area contributed by atoms with E-state index in [9.17, 15) is 4.39 Å². The number of halogens is 3. The van der Waals surface area contributed by atoms with Crippen molar-refractivity contribution < 1.29 is 9.13 Å². The van der Waals surface area contributed by atoms with Crippen molar-refractivity contribution in [2.75, 3.05) is 0 Å². The summed E-state index contributed by atoms with van der Waals surface area (Å²) in [4.78, 5) is 4.07. The maximum Gasteiger partial charge on any atom is 0.279 e. The molecule has 0 atom stereocenters. The van der Waals surface area contributed by atoms with Crippen molar-refractivity contribution in [1.29, 1.82) is 0 Å². The first-order valence-corrected chi connectivity index (χ1v) is 6.35. The zero-order chi connectivity index (χ0) is 10.8. The Morgan fingerprint density at radius 3 is 2.73 bits per heavy atom. The van der Waals surface area contributed by atoms with Gasteiger partial charge in [-0.25, -0.2) is 4.39 Å². The monoisotopic (exact) mass is 351 g/mol. The smallest absolute Gasteiger partial charge is 0.279 e. The Hall–Kier alpha value is -0.460. The molecule has 0 amide bonds. The zero-order valence-corrected chi connectivity index (χ0v) is 11.2. The molecule has 78 valence electrons. The molecule has 6 heteroatoms. The van der Waals surface area contributed by atoms with Crippen LogP contribution in [-0.2, 0) is 0 Å². The highest BCUT2D eigenvalue weighted by atomic mass is 79.9. The molecular formula is C9H4Br2FNOS. The maximum atomic E-state index is 12.8. The molecule has 1 aromatic carbocycles. The molecule has 2 aromatic rings. The lowest BCUT2D eigenvalue weighted by Gasteiger charge is -2.03. The summed E-state index contributed by atoms with van der Waals surface area (Å²) in [5.74, 6) is 0.229. The molecule has 0 spiro atoms. The molecule has 0 aliphatic heterocycles. The minimum Gasteiger partial charge on any atom is -0.430 e. The lowest BCUT2D eigenvalue weighted by molar-refractivity contribution is 0.473. The number of hydrogen-bond acceptors (Lipinski definition) is 3. The number of ether oxygens (including phenoxy) is 1. The van der Waals surface area contributed by atoms with Crippen molar-refractivity contribution in [3.05, 3.63) is 38.5 Å².